The molecule has 194 valence electrons. The normalized spacial score (nSPS) is 18.9. The van der Waals surface area contributed by atoms with Gasteiger partial charge in [0.05, 0.1) is 12.1 Å². The van der Waals surface area contributed by atoms with Crippen LogP contribution in [0.4, 0.5) is 4.39 Å². The maximum Gasteiger partial charge on any atom is 0.254 e. The Kier molecular flexibility index (Phi) is 8.08. The molecule has 1 aromatic heterocycles. The van der Waals surface area contributed by atoms with E-state index in [0.717, 1.165) is 24.8 Å². The average molecular weight is 543 g/mol. The van der Waals surface area contributed by atoms with Crippen LogP contribution < -0.4 is 4.74 Å². The van der Waals surface area contributed by atoms with Crippen LogP contribution in [0.5, 0.6) is 5.75 Å². The van der Waals surface area contributed by atoms with Gasteiger partial charge in [-0.25, -0.2) is 4.39 Å². The van der Waals surface area contributed by atoms with Crippen LogP contribution in [-0.4, -0.2) is 60.6 Å². The third-order valence-electron chi connectivity index (χ3n) is 6.78. The van der Waals surface area contributed by atoms with Crippen LogP contribution in [-0.2, 0) is 16.0 Å². The molecule has 0 aliphatic carbocycles. The Labute approximate surface area is 224 Å². The van der Waals surface area contributed by atoms with Crippen LogP contribution >= 0.6 is 22.9 Å². The Morgan fingerprint density at radius 2 is 2.05 bits per heavy atom. The molecule has 37 heavy (non-hydrogen) atoms. The average Bonchev–Trinajstić information content (AvgIpc) is 3.59. The van der Waals surface area contributed by atoms with Gasteiger partial charge in [0.2, 0.25) is 5.91 Å². The maximum atomic E-state index is 14.2. The van der Waals surface area contributed by atoms with Gasteiger partial charge in [0.25, 0.3) is 5.91 Å². The zero-order chi connectivity index (χ0) is 25.8. The zero-order valence-electron chi connectivity index (χ0n) is 20.3. The van der Waals surface area contributed by atoms with Crippen molar-refractivity contribution in [3.05, 3.63) is 86.8 Å². The Morgan fingerprint density at radius 3 is 2.84 bits per heavy atom. The highest BCUT2D eigenvalue weighted by molar-refractivity contribution is 7.10. The minimum absolute atomic E-state index is 0.0964. The molecule has 2 aliphatic heterocycles. The van der Waals surface area contributed by atoms with Gasteiger partial charge in [-0.05, 0) is 66.6 Å². The van der Waals surface area contributed by atoms with Gasteiger partial charge < -0.3 is 19.3 Å². The Balaban J connectivity index is 1.36. The maximum absolute atomic E-state index is 14.2. The molecule has 1 saturated heterocycles. The number of rotatable bonds is 8. The van der Waals surface area contributed by atoms with Gasteiger partial charge in [-0.2, -0.15) is 0 Å². The topological polar surface area (TPSA) is 59.1 Å². The lowest BCUT2D eigenvalue weighted by molar-refractivity contribution is -0.135. The predicted molar refractivity (Wildman–Crippen MR) is 141 cm³/mol. The van der Waals surface area contributed by atoms with E-state index in [1.807, 2.05) is 11.4 Å². The molecule has 2 atom stereocenters. The Hall–Kier alpha value is -2.94. The van der Waals surface area contributed by atoms with Crippen molar-refractivity contribution < 1.29 is 23.5 Å². The van der Waals surface area contributed by atoms with Crippen LogP contribution in [0.2, 0.25) is 5.02 Å². The summed E-state index contributed by atoms with van der Waals surface area (Å²) in [4.78, 5) is 31.7. The lowest BCUT2D eigenvalue weighted by Crippen LogP contribution is -2.49. The molecule has 3 heterocycles. The van der Waals surface area contributed by atoms with Crippen molar-refractivity contribution in [3.63, 3.8) is 0 Å². The molecule has 0 bridgehead atoms. The molecule has 3 aromatic rings. The summed E-state index contributed by atoms with van der Waals surface area (Å²) in [5.41, 5.74) is 1.43. The van der Waals surface area contributed by atoms with E-state index in [1.54, 1.807) is 63.6 Å². The number of benzene rings is 2. The number of thiophene rings is 1. The minimum atomic E-state index is -0.448. The van der Waals surface area contributed by atoms with Crippen molar-refractivity contribution in [2.75, 3.05) is 32.8 Å². The molecule has 2 amide bonds. The van der Waals surface area contributed by atoms with Crippen molar-refractivity contribution >= 4 is 34.8 Å². The van der Waals surface area contributed by atoms with Gasteiger partial charge in [0, 0.05) is 35.2 Å². The molecule has 1 fully saturated rings. The van der Waals surface area contributed by atoms with E-state index in [9.17, 15) is 14.0 Å². The first-order chi connectivity index (χ1) is 18.0. The number of amides is 2. The highest BCUT2D eigenvalue weighted by Gasteiger charge is 2.34. The van der Waals surface area contributed by atoms with Crippen molar-refractivity contribution in [1.29, 1.82) is 0 Å². The summed E-state index contributed by atoms with van der Waals surface area (Å²) in [7, 11) is 0. The monoisotopic (exact) mass is 542 g/mol. The number of carbonyl (C=O) groups is 2. The summed E-state index contributed by atoms with van der Waals surface area (Å²) in [6, 6.07) is 14.6. The second-order valence-corrected chi connectivity index (χ2v) is 10.7. The fraction of sp³-hybridized carbons (Fsp3) is 0.357. The minimum Gasteiger partial charge on any atom is -0.488 e. The van der Waals surface area contributed by atoms with Crippen molar-refractivity contribution in [3.8, 4) is 5.75 Å². The smallest absolute Gasteiger partial charge is 0.254 e. The second kappa shape index (κ2) is 11.6. The molecule has 2 aromatic carbocycles. The SMILES string of the molecule is O=C(c1cccc(Cl)c1)N(CC(=O)N1CCc2sccc2[C@H]1COc1ccccc1F)C[C@@H]1CCCO1. The fourth-order valence-corrected chi connectivity index (χ4v) is 6.04. The van der Waals surface area contributed by atoms with Crippen LogP contribution in [0.3, 0.4) is 0 Å². The van der Waals surface area contributed by atoms with Gasteiger partial charge in [0.15, 0.2) is 11.6 Å². The number of hydrogen-bond acceptors (Lipinski definition) is 5. The fourth-order valence-electron chi connectivity index (χ4n) is 4.92. The molecule has 0 saturated carbocycles. The first kappa shape index (κ1) is 25.7. The summed E-state index contributed by atoms with van der Waals surface area (Å²) in [6.45, 7) is 1.49. The van der Waals surface area contributed by atoms with E-state index >= 15 is 0 Å². The molecule has 6 nitrogen and oxygen atoms in total. The number of nitrogens with zero attached hydrogens (tertiary/aromatic N) is 2. The highest BCUT2D eigenvalue weighted by Crippen LogP contribution is 2.34. The quantitative estimate of drug-likeness (QED) is 0.384. The number of fused-ring (bicyclic) bond motifs is 1. The Morgan fingerprint density at radius 1 is 1.19 bits per heavy atom. The molecule has 0 radical (unpaired) electrons. The summed E-state index contributed by atoms with van der Waals surface area (Å²) < 4.78 is 25.8. The van der Waals surface area contributed by atoms with Crippen LogP contribution in [0.15, 0.2) is 60.0 Å². The van der Waals surface area contributed by atoms with Crippen molar-refractivity contribution in [1.82, 2.24) is 9.80 Å². The molecule has 0 unspecified atom stereocenters. The van der Waals surface area contributed by atoms with E-state index < -0.39 is 5.82 Å². The van der Waals surface area contributed by atoms with E-state index in [2.05, 4.69) is 0 Å². The lowest BCUT2D eigenvalue weighted by atomic mass is 10.00. The van der Waals surface area contributed by atoms with Crippen LogP contribution in [0, 0.1) is 5.82 Å². The van der Waals surface area contributed by atoms with Gasteiger partial charge in [-0.3, -0.25) is 9.59 Å². The third kappa shape index (κ3) is 5.98. The third-order valence-corrected chi connectivity index (χ3v) is 8.01. The molecule has 0 spiro atoms. The number of hydrogen-bond donors (Lipinski definition) is 0. The van der Waals surface area contributed by atoms with Crippen molar-refractivity contribution in [2.24, 2.45) is 0 Å². The lowest BCUT2D eigenvalue weighted by Gasteiger charge is -2.37. The Bertz CT molecular complexity index is 1260. The van der Waals surface area contributed by atoms with Gasteiger partial charge >= 0.3 is 0 Å². The molecule has 9 heteroatoms. The second-order valence-electron chi connectivity index (χ2n) is 9.22. The van der Waals surface area contributed by atoms with Gasteiger partial charge in [-0.1, -0.05) is 29.8 Å². The van der Waals surface area contributed by atoms with E-state index in [4.69, 9.17) is 21.1 Å². The molecule has 5 rings (SSSR count). The number of halogens is 2. The standard InChI is InChI=1S/C28H28ClFN2O4S/c29-20-6-3-5-19(15-20)28(34)31(16-21-7-4-13-35-21)17-27(33)32-12-10-26-22(11-14-37-26)24(32)18-36-25-9-2-1-8-23(25)30/h1-3,5-6,8-9,11,14-15,21,24H,4,7,10,12-13,16-18H2/t21-,24+/m0/s1. The number of para-hydroxylation sites is 1. The number of carbonyl (C=O) groups excluding carboxylic acids is 2. The molecular weight excluding hydrogens is 515 g/mol. The van der Waals surface area contributed by atoms with E-state index in [0.29, 0.717) is 30.3 Å². The van der Waals surface area contributed by atoms with E-state index in [-0.39, 0.29) is 42.9 Å². The van der Waals surface area contributed by atoms with Crippen LogP contribution in [0.25, 0.3) is 0 Å². The summed E-state index contributed by atoms with van der Waals surface area (Å²) in [6.07, 6.45) is 2.39. The summed E-state index contributed by atoms with van der Waals surface area (Å²) in [5.74, 6) is -0.754. The van der Waals surface area contributed by atoms with E-state index in [1.165, 1.54) is 10.9 Å². The van der Waals surface area contributed by atoms with Gasteiger partial charge in [0.1, 0.15) is 13.2 Å². The summed E-state index contributed by atoms with van der Waals surface area (Å²) >= 11 is 7.78. The molecule has 0 N–H and O–H groups in total. The summed E-state index contributed by atoms with van der Waals surface area (Å²) in [5, 5.41) is 2.46. The first-order valence-electron chi connectivity index (χ1n) is 12.4. The largest absolute Gasteiger partial charge is 0.488 e. The highest BCUT2D eigenvalue weighted by atomic mass is 35.5. The zero-order valence-corrected chi connectivity index (χ0v) is 21.8. The number of ether oxygens (including phenoxy) is 2. The first-order valence-corrected chi connectivity index (χ1v) is 13.6. The molecular formula is C28H28ClFN2O4S. The van der Waals surface area contributed by atoms with Gasteiger partial charge in [-0.15, -0.1) is 11.3 Å². The molecule has 2 aliphatic rings. The van der Waals surface area contributed by atoms with Crippen LogP contribution in [0.1, 0.15) is 39.7 Å². The predicted octanol–water partition coefficient (Wildman–Crippen LogP) is 5.37. The van der Waals surface area contributed by atoms with Crippen molar-refractivity contribution in [2.45, 2.75) is 31.4 Å².